The lowest BCUT2D eigenvalue weighted by Gasteiger charge is -2.24. The molecule has 2 rings (SSSR count). The number of nitrogens with zero attached hydrogens (tertiary/aromatic N) is 1. The molecule has 1 unspecified atom stereocenters. The Labute approximate surface area is 135 Å². The Morgan fingerprint density at radius 3 is 2.82 bits per heavy atom. The third-order valence-electron chi connectivity index (χ3n) is 3.74. The lowest BCUT2D eigenvalue weighted by atomic mass is 10.2. The third kappa shape index (κ3) is 4.04. The summed E-state index contributed by atoms with van der Waals surface area (Å²) in [7, 11) is 0.154. The van der Waals surface area contributed by atoms with Gasteiger partial charge in [0.25, 0.3) is 0 Å². The van der Waals surface area contributed by atoms with Gasteiger partial charge in [0, 0.05) is 18.1 Å². The van der Waals surface area contributed by atoms with E-state index >= 15 is 0 Å². The molecule has 1 aromatic rings. The van der Waals surface area contributed by atoms with Crippen LogP contribution in [0.1, 0.15) is 6.42 Å². The fourth-order valence-corrected chi connectivity index (χ4v) is 4.34. The SMILES string of the molecule is COc1ccc(Cl)cc1NCC(=O)N(C)C1CCS(=O)(=O)C1. The van der Waals surface area contributed by atoms with Crippen LogP contribution in [0.3, 0.4) is 0 Å². The van der Waals surface area contributed by atoms with Crippen LogP contribution < -0.4 is 10.1 Å². The molecular formula is C14H19ClN2O4S. The van der Waals surface area contributed by atoms with Crippen molar-refractivity contribution in [2.45, 2.75) is 12.5 Å². The molecule has 1 aliphatic rings. The van der Waals surface area contributed by atoms with Gasteiger partial charge < -0.3 is 15.0 Å². The number of carbonyl (C=O) groups is 1. The molecule has 122 valence electrons. The van der Waals surface area contributed by atoms with Crippen molar-refractivity contribution in [2.75, 3.05) is 37.5 Å². The standard InChI is InChI=1S/C14H19ClN2O4S/c1-17(11-5-6-22(19,20)9-11)14(18)8-16-12-7-10(15)3-4-13(12)21-2/h3-4,7,11,16H,5-6,8-9H2,1-2H3. The normalized spacial score (nSPS) is 19.7. The van der Waals surface area contributed by atoms with Gasteiger partial charge in [0.15, 0.2) is 9.84 Å². The fourth-order valence-electron chi connectivity index (χ4n) is 2.40. The van der Waals surface area contributed by atoms with Crippen LogP contribution in [0.5, 0.6) is 5.75 Å². The van der Waals surface area contributed by atoms with Crippen LogP contribution in [0, 0.1) is 0 Å². The average Bonchev–Trinajstić information content (AvgIpc) is 2.84. The van der Waals surface area contributed by atoms with Crippen LogP contribution in [-0.2, 0) is 14.6 Å². The minimum Gasteiger partial charge on any atom is -0.495 e. The first kappa shape index (κ1) is 16.9. The van der Waals surface area contributed by atoms with Crippen molar-refractivity contribution in [3.63, 3.8) is 0 Å². The van der Waals surface area contributed by atoms with Gasteiger partial charge in [0.2, 0.25) is 5.91 Å². The number of methoxy groups -OCH3 is 1. The van der Waals surface area contributed by atoms with Crippen molar-refractivity contribution in [3.05, 3.63) is 23.2 Å². The lowest BCUT2D eigenvalue weighted by Crippen LogP contribution is -2.40. The minimum atomic E-state index is -3.01. The summed E-state index contributed by atoms with van der Waals surface area (Å²) in [5.41, 5.74) is 0.621. The van der Waals surface area contributed by atoms with E-state index in [-0.39, 0.29) is 30.0 Å². The topological polar surface area (TPSA) is 75.7 Å². The summed E-state index contributed by atoms with van der Waals surface area (Å²) in [6.45, 7) is 0.0454. The summed E-state index contributed by atoms with van der Waals surface area (Å²) in [6.07, 6.45) is 0.491. The molecule has 1 atom stereocenters. The van der Waals surface area contributed by atoms with Crippen molar-refractivity contribution in [1.29, 1.82) is 0 Å². The second kappa shape index (κ2) is 6.75. The van der Waals surface area contributed by atoms with Crippen molar-refractivity contribution in [3.8, 4) is 5.75 Å². The van der Waals surface area contributed by atoms with Crippen molar-refractivity contribution in [1.82, 2.24) is 4.90 Å². The number of nitrogens with one attached hydrogen (secondary N) is 1. The maximum Gasteiger partial charge on any atom is 0.241 e. The number of carbonyl (C=O) groups excluding carboxylic acids is 1. The van der Waals surface area contributed by atoms with Crippen LogP contribution in [0.2, 0.25) is 5.02 Å². The first-order chi connectivity index (χ1) is 10.3. The van der Waals surface area contributed by atoms with Gasteiger partial charge in [0.1, 0.15) is 5.75 Å². The molecule has 6 nitrogen and oxygen atoms in total. The number of rotatable bonds is 5. The zero-order chi connectivity index (χ0) is 16.3. The van der Waals surface area contributed by atoms with Gasteiger partial charge in [-0.25, -0.2) is 8.42 Å². The summed E-state index contributed by atoms with van der Waals surface area (Å²) in [6, 6.07) is 4.83. The molecular weight excluding hydrogens is 328 g/mol. The molecule has 0 saturated carbocycles. The number of benzene rings is 1. The van der Waals surface area contributed by atoms with Crippen LogP contribution in [-0.4, -0.2) is 57.5 Å². The van der Waals surface area contributed by atoms with Gasteiger partial charge in [-0.2, -0.15) is 0 Å². The highest BCUT2D eigenvalue weighted by Crippen LogP contribution is 2.27. The number of hydrogen-bond donors (Lipinski definition) is 1. The van der Waals surface area contributed by atoms with Gasteiger partial charge in [0.05, 0.1) is 30.8 Å². The fraction of sp³-hybridized carbons (Fsp3) is 0.500. The maximum absolute atomic E-state index is 12.2. The van der Waals surface area contributed by atoms with E-state index < -0.39 is 9.84 Å². The Morgan fingerprint density at radius 1 is 1.50 bits per heavy atom. The molecule has 0 bridgehead atoms. The van der Waals surface area contributed by atoms with Crippen LogP contribution in [0.15, 0.2) is 18.2 Å². The van der Waals surface area contributed by atoms with E-state index in [0.29, 0.717) is 22.9 Å². The third-order valence-corrected chi connectivity index (χ3v) is 5.73. The molecule has 0 aliphatic carbocycles. The first-order valence-electron chi connectivity index (χ1n) is 6.86. The Bertz CT molecular complexity index is 663. The van der Waals surface area contributed by atoms with Gasteiger partial charge >= 0.3 is 0 Å². The second-order valence-electron chi connectivity index (χ2n) is 5.26. The van der Waals surface area contributed by atoms with Gasteiger partial charge in [-0.05, 0) is 24.6 Å². The van der Waals surface area contributed by atoms with E-state index in [1.54, 1.807) is 25.2 Å². The van der Waals surface area contributed by atoms with E-state index in [1.807, 2.05) is 0 Å². The van der Waals surface area contributed by atoms with E-state index in [1.165, 1.54) is 12.0 Å². The number of ether oxygens (including phenoxy) is 1. The summed E-state index contributed by atoms with van der Waals surface area (Å²) < 4.78 is 28.2. The maximum atomic E-state index is 12.2. The quantitative estimate of drug-likeness (QED) is 0.872. The number of sulfone groups is 1. The van der Waals surface area contributed by atoms with E-state index in [4.69, 9.17) is 16.3 Å². The number of halogens is 1. The zero-order valence-electron chi connectivity index (χ0n) is 12.5. The molecule has 1 aliphatic heterocycles. The molecule has 1 amide bonds. The summed E-state index contributed by atoms with van der Waals surface area (Å²) in [5, 5.41) is 3.51. The van der Waals surface area contributed by atoms with Gasteiger partial charge in [-0.3, -0.25) is 4.79 Å². The van der Waals surface area contributed by atoms with E-state index in [2.05, 4.69) is 5.32 Å². The Kier molecular flexibility index (Phi) is 5.18. The van der Waals surface area contributed by atoms with Crippen LogP contribution >= 0.6 is 11.6 Å². The smallest absolute Gasteiger partial charge is 0.241 e. The Morgan fingerprint density at radius 2 is 2.23 bits per heavy atom. The molecule has 1 aromatic carbocycles. The zero-order valence-corrected chi connectivity index (χ0v) is 14.1. The van der Waals surface area contributed by atoms with Crippen LogP contribution in [0.25, 0.3) is 0 Å². The van der Waals surface area contributed by atoms with E-state index in [0.717, 1.165) is 0 Å². The number of anilines is 1. The molecule has 1 N–H and O–H groups in total. The van der Waals surface area contributed by atoms with Gasteiger partial charge in [-0.15, -0.1) is 0 Å². The molecule has 1 saturated heterocycles. The van der Waals surface area contributed by atoms with E-state index in [9.17, 15) is 13.2 Å². The second-order valence-corrected chi connectivity index (χ2v) is 7.92. The lowest BCUT2D eigenvalue weighted by molar-refractivity contribution is -0.129. The molecule has 0 radical (unpaired) electrons. The molecule has 0 aromatic heterocycles. The molecule has 1 heterocycles. The highest BCUT2D eigenvalue weighted by atomic mass is 35.5. The van der Waals surface area contributed by atoms with Crippen molar-refractivity contribution in [2.24, 2.45) is 0 Å². The van der Waals surface area contributed by atoms with Gasteiger partial charge in [-0.1, -0.05) is 11.6 Å². The van der Waals surface area contributed by atoms with Crippen LogP contribution in [0.4, 0.5) is 5.69 Å². The average molecular weight is 347 g/mol. The molecule has 0 spiro atoms. The van der Waals surface area contributed by atoms with Crippen molar-refractivity contribution >= 4 is 33.0 Å². The Balaban J connectivity index is 1.97. The summed E-state index contributed by atoms with van der Waals surface area (Å²) in [4.78, 5) is 13.7. The van der Waals surface area contributed by atoms with Crippen molar-refractivity contribution < 1.29 is 17.9 Å². The monoisotopic (exact) mass is 346 g/mol. The number of hydrogen-bond acceptors (Lipinski definition) is 5. The highest BCUT2D eigenvalue weighted by Gasteiger charge is 2.32. The number of amides is 1. The minimum absolute atomic E-state index is 0.0374. The molecule has 22 heavy (non-hydrogen) atoms. The predicted octanol–water partition coefficient (Wildman–Crippen LogP) is 1.41. The Hall–Kier alpha value is -1.47. The summed E-state index contributed by atoms with van der Waals surface area (Å²) in [5.74, 6) is 0.591. The largest absolute Gasteiger partial charge is 0.495 e. The predicted molar refractivity (Wildman–Crippen MR) is 86.3 cm³/mol. The molecule has 1 fully saturated rings. The first-order valence-corrected chi connectivity index (χ1v) is 9.06. The highest BCUT2D eigenvalue weighted by molar-refractivity contribution is 7.91. The summed E-state index contributed by atoms with van der Waals surface area (Å²) >= 11 is 5.93. The number of likely N-dealkylation sites (N-methyl/N-ethyl adjacent to an activating group) is 1. The molecule has 8 heteroatoms.